The highest BCUT2D eigenvalue weighted by molar-refractivity contribution is 4.78. The first-order valence-electron chi connectivity index (χ1n) is 8.10. The first-order valence-corrected chi connectivity index (χ1v) is 8.10. The summed E-state index contributed by atoms with van der Waals surface area (Å²) in [5.74, 6) is 0. The SMILES string of the molecule is CCCC(C)NCC(C)N(C)C1CCCCCC1. The smallest absolute Gasteiger partial charge is 0.0192 e. The molecule has 2 unspecified atom stereocenters. The third-order valence-corrected chi connectivity index (χ3v) is 4.58. The highest BCUT2D eigenvalue weighted by Crippen LogP contribution is 2.22. The van der Waals surface area contributed by atoms with Crippen LogP contribution in [0.2, 0.25) is 0 Å². The summed E-state index contributed by atoms with van der Waals surface area (Å²) in [6.07, 6.45) is 11.1. The number of likely N-dealkylation sites (N-methyl/N-ethyl adjacent to an activating group) is 1. The zero-order chi connectivity index (χ0) is 13.4. The molecule has 2 heteroatoms. The van der Waals surface area contributed by atoms with E-state index < -0.39 is 0 Å². The molecule has 0 radical (unpaired) electrons. The number of hydrogen-bond donors (Lipinski definition) is 1. The van der Waals surface area contributed by atoms with E-state index in [2.05, 4.69) is 38.0 Å². The van der Waals surface area contributed by atoms with Crippen molar-refractivity contribution >= 4 is 0 Å². The fraction of sp³-hybridized carbons (Fsp3) is 1.00. The van der Waals surface area contributed by atoms with Crippen molar-refractivity contribution in [1.29, 1.82) is 0 Å². The molecule has 1 rings (SSSR count). The van der Waals surface area contributed by atoms with Gasteiger partial charge in [0, 0.05) is 24.7 Å². The van der Waals surface area contributed by atoms with Gasteiger partial charge in [-0.25, -0.2) is 0 Å². The van der Waals surface area contributed by atoms with Crippen LogP contribution in [0.4, 0.5) is 0 Å². The molecule has 0 amide bonds. The van der Waals surface area contributed by atoms with E-state index in [1.807, 2.05) is 0 Å². The molecule has 2 atom stereocenters. The maximum Gasteiger partial charge on any atom is 0.0192 e. The normalized spacial score (nSPS) is 21.8. The molecular weight excluding hydrogens is 220 g/mol. The maximum absolute atomic E-state index is 3.68. The summed E-state index contributed by atoms with van der Waals surface area (Å²) in [7, 11) is 2.33. The van der Waals surface area contributed by atoms with Crippen molar-refractivity contribution in [2.45, 2.75) is 90.3 Å². The second-order valence-corrected chi connectivity index (χ2v) is 6.26. The van der Waals surface area contributed by atoms with Gasteiger partial charge < -0.3 is 5.32 Å². The van der Waals surface area contributed by atoms with Crippen LogP contribution >= 0.6 is 0 Å². The first-order chi connectivity index (χ1) is 8.65. The second kappa shape index (κ2) is 8.92. The van der Waals surface area contributed by atoms with E-state index in [4.69, 9.17) is 0 Å². The van der Waals surface area contributed by atoms with E-state index in [0.29, 0.717) is 12.1 Å². The van der Waals surface area contributed by atoms with Crippen LogP contribution in [0.25, 0.3) is 0 Å². The Labute approximate surface area is 115 Å². The average molecular weight is 254 g/mol. The van der Waals surface area contributed by atoms with E-state index in [1.54, 1.807) is 0 Å². The highest BCUT2D eigenvalue weighted by atomic mass is 15.2. The number of nitrogens with zero attached hydrogens (tertiary/aromatic N) is 1. The third kappa shape index (κ3) is 5.71. The highest BCUT2D eigenvalue weighted by Gasteiger charge is 2.20. The van der Waals surface area contributed by atoms with E-state index >= 15 is 0 Å². The molecule has 108 valence electrons. The molecule has 0 heterocycles. The van der Waals surface area contributed by atoms with Crippen LogP contribution in [-0.2, 0) is 0 Å². The fourth-order valence-electron chi connectivity index (χ4n) is 3.08. The van der Waals surface area contributed by atoms with Crippen LogP contribution in [-0.4, -0.2) is 36.6 Å². The Hall–Kier alpha value is -0.0800. The average Bonchev–Trinajstić information content (AvgIpc) is 2.64. The van der Waals surface area contributed by atoms with Crippen molar-refractivity contribution in [2.75, 3.05) is 13.6 Å². The summed E-state index contributed by atoms with van der Waals surface area (Å²) in [6, 6.07) is 2.15. The molecule has 0 aromatic rings. The van der Waals surface area contributed by atoms with Crippen molar-refractivity contribution < 1.29 is 0 Å². The number of hydrogen-bond acceptors (Lipinski definition) is 2. The van der Waals surface area contributed by atoms with Crippen LogP contribution in [0.5, 0.6) is 0 Å². The van der Waals surface area contributed by atoms with E-state index in [9.17, 15) is 0 Å². The van der Waals surface area contributed by atoms with Gasteiger partial charge in [0.2, 0.25) is 0 Å². The van der Waals surface area contributed by atoms with Crippen LogP contribution in [0, 0.1) is 0 Å². The summed E-state index contributed by atoms with van der Waals surface area (Å²) < 4.78 is 0. The second-order valence-electron chi connectivity index (χ2n) is 6.26. The number of nitrogens with one attached hydrogen (secondary N) is 1. The minimum Gasteiger partial charge on any atom is -0.313 e. The van der Waals surface area contributed by atoms with E-state index in [0.717, 1.165) is 12.6 Å². The third-order valence-electron chi connectivity index (χ3n) is 4.58. The van der Waals surface area contributed by atoms with Gasteiger partial charge in [0.1, 0.15) is 0 Å². The maximum atomic E-state index is 3.68. The Balaban J connectivity index is 2.28. The molecule has 1 N–H and O–H groups in total. The Morgan fingerprint density at radius 2 is 1.72 bits per heavy atom. The molecule has 1 aliphatic carbocycles. The fourth-order valence-corrected chi connectivity index (χ4v) is 3.08. The topological polar surface area (TPSA) is 15.3 Å². The first kappa shape index (κ1) is 16.0. The number of rotatable bonds is 7. The Morgan fingerprint density at radius 3 is 2.28 bits per heavy atom. The van der Waals surface area contributed by atoms with Gasteiger partial charge in [-0.3, -0.25) is 4.90 Å². The van der Waals surface area contributed by atoms with Gasteiger partial charge in [-0.05, 0) is 40.2 Å². The molecule has 0 bridgehead atoms. The molecule has 18 heavy (non-hydrogen) atoms. The lowest BCUT2D eigenvalue weighted by Gasteiger charge is -2.33. The molecule has 1 saturated carbocycles. The van der Waals surface area contributed by atoms with Gasteiger partial charge in [0.15, 0.2) is 0 Å². The van der Waals surface area contributed by atoms with Crippen molar-refractivity contribution in [2.24, 2.45) is 0 Å². The standard InChI is InChI=1S/C16H34N2/c1-5-10-14(2)17-13-15(3)18(4)16-11-8-6-7-9-12-16/h14-17H,5-13H2,1-4H3. The van der Waals surface area contributed by atoms with Crippen LogP contribution in [0.1, 0.15) is 72.1 Å². The predicted octanol–water partition coefficient (Wildman–Crippen LogP) is 3.81. The molecule has 0 aliphatic heterocycles. The van der Waals surface area contributed by atoms with Crippen molar-refractivity contribution in [3.8, 4) is 0 Å². The Bertz CT molecular complexity index is 197. The van der Waals surface area contributed by atoms with Crippen molar-refractivity contribution in [3.05, 3.63) is 0 Å². The van der Waals surface area contributed by atoms with Gasteiger partial charge in [-0.15, -0.1) is 0 Å². The van der Waals surface area contributed by atoms with E-state index in [-0.39, 0.29) is 0 Å². The van der Waals surface area contributed by atoms with Crippen LogP contribution < -0.4 is 5.32 Å². The zero-order valence-corrected chi connectivity index (χ0v) is 13.0. The molecule has 0 spiro atoms. The molecule has 0 aromatic heterocycles. The molecule has 0 saturated heterocycles. The Morgan fingerprint density at radius 1 is 1.11 bits per heavy atom. The summed E-state index contributed by atoms with van der Waals surface area (Å²) >= 11 is 0. The van der Waals surface area contributed by atoms with Gasteiger partial charge in [-0.1, -0.05) is 39.0 Å². The largest absolute Gasteiger partial charge is 0.313 e. The molecule has 1 fully saturated rings. The molecule has 2 nitrogen and oxygen atoms in total. The molecule has 1 aliphatic rings. The van der Waals surface area contributed by atoms with Crippen molar-refractivity contribution in [3.63, 3.8) is 0 Å². The van der Waals surface area contributed by atoms with Gasteiger partial charge in [0.05, 0.1) is 0 Å². The van der Waals surface area contributed by atoms with Gasteiger partial charge >= 0.3 is 0 Å². The lowest BCUT2D eigenvalue weighted by molar-refractivity contribution is 0.162. The van der Waals surface area contributed by atoms with Gasteiger partial charge in [0.25, 0.3) is 0 Å². The summed E-state index contributed by atoms with van der Waals surface area (Å²) in [5.41, 5.74) is 0. The lowest BCUT2D eigenvalue weighted by Crippen LogP contribution is -2.45. The minimum absolute atomic E-state index is 0.660. The summed E-state index contributed by atoms with van der Waals surface area (Å²) in [5, 5.41) is 3.68. The Kier molecular flexibility index (Phi) is 7.92. The van der Waals surface area contributed by atoms with Crippen LogP contribution in [0.3, 0.4) is 0 Å². The monoisotopic (exact) mass is 254 g/mol. The molecule has 0 aromatic carbocycles. The quantitative estimate of drug-likeness (QED) is 0.695. The zero-order valence-electron chi connectivity index (χ0n) is 13.0. The summed E-state index contributed by atoms with van der Waals surface area (Å²) in [6.45, 7) is 8.08. The van der Waals surface area contributed by atoms with Crippen molar-refractivity contribution in [1.82, 2.24) is 10.2 Å². The summed E-state index contributed by atoms with van der Waals surface area (Å²) in [4.78, 5) is 2.62. The molecular formula is C16H34N2. The van der Waals surface area contributed by atoms with Crippen LogP contribution in [0.15, 0.2) is 0 Å². The predicted molar refractivity (Wildman–Crippen MR) is 81.1 cm³/mol. The lowest BCUT2D eigenvalue weighted by atomic mass is 10.1. The van der Waals surface area contributed by atoms with Gasteiger partial charge in [-0.2, -0.15) is 0 Å². The minimum atomic E-state index is 0.660. The van der Waals surface area contributed by atoms with E-state index in [1.165, 1.54) is 51.4 Å².